The third-order valence-electron chi connectivity index (χ3n) is 3.92. The molecule has 4 heteroatoms. The number of ether oxygens (including phenoxy) is 1. The number of rotatable bonds is 3. The summed E-state index contributed by atoms with van der Waals surface area (Å²) in [5.74, 6) is 0.769. The maximum Gasteiger partial charge on any atom is 0.253 e. The molecule has 0 N–H and O–H groups in total. The van der Waals surface area contributed by atoms with E-state index in [2.05, 4.69) is 4.98 Å². The molecule has 1 aliphatic rings. The number of carbonyl (C=O) groups excluding carboxylic acids is 1. The standard InChI is InChI=1S/C18H20N2O2/c1-14-5-4-6-15(13-14)18(21)20-11-8-16(9-12-20)22-17-7-2-3-10-19-17/h2-7,10,13,16H,8-9,11-12H2,1H3. The van der Waals surface area contributed by atoms with E-state index in [1.165, 1.54) is 0 Å². The molecule has 22 heavy (non-hydrogen) atoms. The van der Waals surface area contributed by atoms with E-state index in [9.17, 15) is 4.79 Å². The normalized spacial score (nSPS) is 15.6. The number of hydrogen-bond acceptors (Lipinski definition) is 3. The molecule has 114 valence electrons. The van der Waals surface area contributed by atoms with Gasteiger partial charge in [-0.05, 0) is 25.1 Å². The zero-order valence-electron chi connectivity index (χ0n) is 12.7. The number of piperidine rings is 1. The van der Waals surface area contributed by atoms with E-state index in [4.69, 9.17) is 4.74 Å². The molecule has 0 atom stereocenters. The summed E-state index contributed by atoms with van der Waals surface area (Å²) in [5, 5.41) is 0. The topological polar surface area (TPSA) is 42.4 Å². The molecule has 0 aliphatic carbocycles. The minimum absolute atomic E-state index is 0.111. The molecule has 1 aromatic carbocycles. The van der Waals surface area contributed by atoms with Crippen molar-refractivity contribution < 1.29 is 9.53 Å². The number of pyridine rings is 1. The second kappa shape index (κ2) is 6.60. The highest BCUT2D eigenvalue weighted by molar-refractivity contribution is 5.94. The minimum Gasteiger partial charge on any atom is -0.474 e. The van der Waals surface area contributed by atoms with Crippen LogP contribution in [0.2, 0.25) is 0 Å². The quantitative estimate of drug-likeness (QED) is 0.874. The van der Waals surface area contributed by atoms with E-state index in [0.29, 0.717) is 5.88 Å². The van der Waals surface area contributed by atoms with Gasteiger partial charge in [-0.25, -0.2) is 4.98 Å². The summed E-state index contributed by atoms with van der Waals surface area (Å²) in [6.45, 7) is 3.46. The molecule has 1 aliphatic heterocycles. The van der Waals surface area contributed by atoms with Gasteiger partial charge in [-0.15, -0.1) is 0 Å². The smallest absolute Gasteiger partial charge is 0.253 e. The maximum absolute atomic E-state index is 12.5. The Morgan fingerprint density at radius 3 is 2.68 bits per heavy atom. The number of nitrogens with zero attached hydrogens (tertiary/aromatic N) is 2. The van der Waals surface area contributed by atoms with Gasteiger partial charge in [0.1, 0.15) is 6.10 Å². The Hall–Kier alpha value is -2.36. The molecule has 2 heterocycles. The highest BCUT2D eigenvalue weighted by atomic mass is 16.5. The van der Waals surface area contributed by atoms with Crippen LogP contribution in [0.1, 0.15) is 28.8 Å². The summed E-state index contributed by atoms with van der Waals surface area (Å²) in [6, 6.07) is 13.4. The van der Waals surface area contributed by atoms with Crippen molar-refractivity contribution in [1.82, 2.24) is 9.88 Å². The van der Waals surface area contributed by atoms with E-state index in [-0.39, 0.29) is 12.0 Å². The van der Waals surface area contributed by atoms with Crippen LogP contribution < -0.4 is 4.74 Å². The zero-order chi connectivity index (χ0) is 15.4. The fourth-order valence-electron chi connectivity index (χ4n) is 2.72. The van der Waals surface area contributed by atoms with Gasteiger partial charge in [-0.1, -0.05) is 23.8 Å². The first-order valence-electron chi connectivity index (χ1n) is 7.66. The summed E-state index contributed by atoms with van der Waals surface area (Å²) in [7, 11) is 0. The van der Waals surface area contributed by atoms with Gasteiger partial charge in [-0.2, -0.15) is 0 Å². The Kier molecular flexibility index (Phi) is 4.37. The molecule has 0 spiro atoms. The van der Waals surface area contributed by atoms with Crippen LogP contribution in [0.15, 0.2) is 48.7 Å². The molecule has 4 nitrogen and oxygen atoms in total. The fourth-order valence-corrected chi connectivity index (χ4v) is 2.72. The van der Waals surface area contributed by atoms with E-state index in [1.54, 1.807) is 6.20 Å². The van der Waals surface area contributed by atoms with Gasteiger partial charge in [0, 0.05) is 43.8 Å². The number of aromatic nitrogens is 1. The van der Waals surface area contributed by atoms with E-state index < -0.39 is 0 Å². The Morgan fingerprint density at radius 1 is 1.18 bits per heavy atom. The molecule has 1 aromatic heterocycles. The Bertz CT molecular complexity index is 635. The fraction of sp³-hybridized carbons (Fsp3) is 0.333. The number of amides is 1. The van der Waals surface area contributed by atoms with Gasteiger partial charge >= 0.3 is 0 Å². The van der Waals surface area contributed by atoms with Gasteiger partial charge in [0.25, 0.3) is 5.91 Å². The van der Waals surface area contributed by atoms with E-state index in [1.807, 2.05) is 54.3 Å². The summed E-state index contributed by atoms with van der Waals surface area (Å²) in [4.78, 5) is 18.6. The second-order valence-corrected chi connectivity index (χ2v) is 5.65. The average molecular weight is 296 g/mol. The highest BCUT2D eigenvalue weighted by Gasteiger charge is 2.24. The maximum atomic E-state index is 12.5. The third-order valence-corrected chi connectivity index (χ3v) is 3.92. The lowest BCUT2D eigenvalue weighted by Crippen LogP contribution is -2.41. The van der Waals surface area contributed by atoms with Crippen molar-refractivity contribution in [2.75, 3.05) is 13.1 Å². The lowest BCUT2D eigenvalue weighted by molar-refractivity contribution is 0.0588. The molecule has 1 amide bonds. The number of aryl methyl sites for hydroxylation is 1. The van der Waals surface area contributed by atoms with Crippen molar-refractivity contribution in [3.8, 4) is 5.88 Å². The largest absolute Gasteiger partial charge is 0.474 e. The predicted molar refractivity (Wildman–Crippen MR) is 85.0 cm³/mol. The Labute approximate surface area is 130 Å². The number of hydrogen-bond donors (Lipinski definition) is 0. The molecule has 2 aromatic rings. The van der Waals surface area contributed by atoms with Gasteiger partial charge in [0.15, 0.2) is 0 Å². The zero-order valence-corrected chi connectivity index (χ0v) is 12.7. The van der Waals surface area contributed by atoms with Crippen LogP contribution in [0, 0.1) is 6.92 Å². The van der Waals surface area contributed by atoms with Crippen LogP contribution in [0.3, 0.4) is 0 Å². The van der Waals surface area contributed by atoms with Crippen molar-refractivity contribution in [3.05, 3.63) is 59.8 Å². The number of benzene rings is 1. The first-order valence-corrected chi connectivity index (χ1v) is 7.66. The first kappa shape index (κ1) is 14.6. The summed E-state index contributed by atoms with van der Waals surface area (Å²) in [5.41, 5.74) is 1.88. The number of carbonyl (C=O) groups is 1. The van der Waals surface area contributed by atoms with Crippen LogP contribution >= 0.6 is 0 Å². The minimum atomic E-state index is 0.111. The van der Waals surface area contributed by atoms with Crippen LogP contribution in [0.25, 0.3) is 0 Å². The van der Waals surface area contributed by atoms with Crippen molar-refractivity contribution >= 4 is 5.91 Å². The van der Waals surface area contributed by atoms with Gasteiger partial charge in [-0.3, -0.25) is 4.79 Å². The van der Waals surface area contributed by atoms with Crippen molar-refractivity contribution in [2.45, 2.75) is 25.9 Å². The van der Waals surface area contributed by atoms with Crippen molar-refractivity contribution in [3.63, 3.8) is 0 Å². The highest BCUT2D eigenvalue weighted by Crippen LogP contribution is 2.18. The lowest BCUT2D eigenvalue weighted by Gasteiger charge is -2.32. The second-order valence-electron chi connectivity index (χ2n) is 5.65. The first-order chi connectivity index (χ1) is 10.7. The molecule has 0 bridgehead atoms. The van der Waals surface area contributed by atoms with E-state index in [0.717, 1.165) is 37.1 Å². The molecule has 0 unspecified atom stereocenters. The van der Waals surface area contributed by atoms with Gasteiger partial charge < -0.3 is 9.64 Å². The van der Waals surface area contributed by atoms with Crippen molar-refractivity contribution in [2.24, 2.45) is 0 Å². The van der Waals surface area contributed by atoms with Crippen LogP contribution in [-0.2, 0) is 0 Å². The third kappa shape index (κ3) is 3.45. The molecule has 0 saturated carbocycles. The predicted octanol–water partition coefficient (Wildman–Crippen LogP) is 3.07. The molecule has 1 saturated heterocycles. The average Bonchev–Trinajstić information content (AvgIpc) is 2.56. The molecular weight excluding hydrogens is 276 g/mol. The molecular formula is C18H20N2O2. The van der Waals surface area contributed by atoms with Crippen LogP contribution in [0.5, 0.6) is 5.88 Å². The van der Waals surface area contributed by atoms with Crippen LogP contribution in [0.4, 0.5) is 0 Å². The lowest BCUT2D eigenvalue weighted by atomic mass is 10.1. The number of likely N-dealkylation sites (tertiary alicyclic amines) is 1. The van der Waals surface area contributed by atoms with Crippen molar-refractivity contribution in [1.29, 1.82) is 0 Å². The summed E-state index contributed by atoms with van der Waals surface area (Å²) in [6.07, 6.45) is 3.55. The van der Waals surface area contributed by atoms with Crippen LogP contribution in [-0.4, -0.2) is 35.0 Å². The Morgan fingerprint density at radius 2 is 2.00 bits per heavy atom. The summed E-state index contributed by atoms with van der Waals surface area (Å²) >= 11 is 0. The van der Waals surface area contributed by atoms with Gasteiger partial charge in [0.05, 0.1) is 0 Å². The molecule has 3 rings (SSSR count). The molecule has 1 fully saturated rings. The van der Waals surface area contributed by atoms with Gasteiger partial charge in [0.2, 0.25) is 5.88 Å². The monoisotopic (exact) mass is 296 g/mol. The Balaban J connectivity index is 1.56. The van der Waals surface area contributed by atoms with E-state index >= 15 is 0 Å². The SMILES string of the molecule is Cc1cccc(C(=O)N2CCC(Oc3ccccn3)CC2)c1. The summed E-state index contributed by atoms with van der Waals surface area (Å²) < 4.78 is 5.86. The molecule has 0 radical (unpaired) electrons.